The number of nitrogens with zero attached hydrogens (tertiary/aromatic N) is 1. The minimum Gasteiger partial charge on any atom is -0.456 e. The van der Waals surface area contributed by atoms with Gasteiger partial charge in [-0.1, -0.05) is 111 Å². The van der Waals surface area contributed by atoms with Gasteiger partial charge in [0.2, 0.25) is 0 Å². The van der Waals surface area contributed by atoms with Gasteiger partial charge in [-0.2, -0.15) is 0 Å². The molecule has 2 nitrogen and oxygen atoms in total. The molecule has 0 amide bonds. The van der Waals surface area contributed by atoms with E-state index in [-0.39, 0.29) is 5.41 Å². The first-order valence-corrected chi connectivity index (χ1v) is 15.7. The fraction of sp³-hybridized carbons (Fsp3) is 0.0698. The van der Waals surface area contributed by atoms with Gasteiger partial charge in [0.1, 0.15) is 11.5 Å². The SMILES string of the molecule is CC1(C)c2ccccc2-c2ccc(-c3ccc4c(c3)-c3cccc5c(-n6c7ccccc7c7ccccc76)ccc(c35)O4)cc21. The summed E-state index contributed by atoms with van der Waals surface area (Å²) in [5.41, 5.74) is 13.8. The van der Waals surface area contributed by atoms with E-state index in [0.29, 0.717) is 0 Å². The lowest BCUT2D eigenvalue weighted by molar-refractivity contribution is 0.487. The third kappa shape index (κ3) is 3.29. The van der Waals surface area contributed by atoms with Crippen molar-refractivity contribution in [2.45, 2.75) is 19.3 Å². The zero-order valence-electron chi connectivity index (χ0n) is 25.1. The number of ether oxygens (including phenoxy) is 1. The Morgan fingerprint density at radius 3 is 1.91 bits per heavy atom. The molecule has 0 spiro atoms. The molecule has 2 heteroatoms. The van der Waals surface area contributed by atoms with Gasteiger partial charge in [-0.25, -0.2) is 0 Å². The van der Waals surface area contributed by atoms with Crippen molar-refractivity contribution in [3.05, 3.63) is 151 Å². The normalized spacial score (nSPS) is 13.9. The summed E-state index contributed by atoms with van der Waals surface area (Å²) in [7, 11) is 0. The summed E-state index contributed by atoms with van der Waals surface area (Å²) in [6.07, 6.45) is 0. The van der Waals surface area contributed by atoms with Gasteiger partial charge in [-0.05, 0) is 81.4 Å². The zero-order chi connectivity index (χ0) is 29.9. The predicted octanol–water partition coefficient (Wildman–Crippen LogP) is 11.7. The molecule has 0 fully saturated rings. The van der Waals surface area contributed by atoms with E-state index >= 15 is 0 Å². The number of hydrogen-bond acceptors (Lipinski definition) is 1. The highest BCUT2D eigenvalue weighted by atomic mass is 16.5. The Kier molecular flexibility index (Phi) is 4.82. The lowest BCUT2D eigenvalue weighted by atomic mass is 9.81. The quantitative estimate of drug-likeness (QED) is 0.200. The Morgan fingerprint density at radius 2 is 1.09 bits per heavy atom. The van der Waals surface area contributed by atoms with Crippen molar-refractivity contribution >= 4 is 32.6 Å². The topological polar surface area (TPSA) is 14.2 Å². The molecule has 1 aliphatic heterocycles. The van der Waals surface area contributed by atoms with Crippen molar-refractivity contribution in [1.29, 1.82) is 0 Å². The first kappa shape index (κ1) is 24.8. The summed E-state index contributed by atoms with van der Waals surface area (Å²) in [6.45, 7) is 4.68. The Bertz CT molecular complexity index is 2490. The van der Waals surface area contributed by atoms with E-state index < -0.39 is 0 Å². The second-order valence-electron chi connectivity index (χ2n) is 12.9. The van der Waals surface area contributed by atoms with Gasteiger partial charge in [0.15, 0.2) is 0 Å². The lowest BCUT2D eigenvalue weighted by Crippen LogP contribution is -2.14. The fourth-order valence-corrected chi connectivity index (χ4v) is 8.06. The summed E-state index contributed by atoms with van der Waals surface area (Å²) in [5.74, 6) is 1.81. The highest BCUT2D eigenvalue weighted by Crippen LogP contribution is 2.52. The van der Waals surface area contributed by atoms with Gasteiger partial charge in [0.25, 0.3) is 0 Å². The lowest BCUT2D eigenvalue weighted by Gasteiger charge is -2.24. The molecule has 0 saturated heterocycles. The van der Waals surface area contributed by atoms with Crippen LogP contribution in [-0.2, 0) is 5.41 Å². The molecule has 8 aromatic rings. The van der Waals surface area contributed by atoms with E-state index in [1.165, 1.54) is 66.1 Å². The van der Waals surface area contributed by atoms with Gasteiger partial charge in [-0.3, -0.25) is 0 Å². The maximum atomic E-state index is 6.63. The average molecular weight is 576 g/mol. The first-order valence-electron chi connectivity index (χ1n) is 15.7. The number of benzene rings is 7. The van der Waals surface area contributed by atoms with E-state index in [1.54, 1.807) is 0 Å². The van der Waals surface area contributed by atoms with E-state index in [4.69, 9.17) is 4.74 Å². The molecule has 2 heterocycles. The Morgan fingerprint density at radius 1 is 0.467 bits per heavy atom. The van der Waals surface area contributed by atoms with Crippen molar-refractivity contribution < 1.29 is 4.74 Å². The van der Waals surface area contributed by atoms with Crippen molar-refractivity contribution in [2.24, 2.45) is 0 Å². The van der Waals surface area contributed by atoms with Gasteiger partial charge >= 0.3 is 0 Å². The van der Waals surface area contributed by atoms with E-state index in [2.05, 4.69) is 158 Å². The van der Waals surface area contributed by atoms with Gasteiger partial charge in [-0.15, -0.1) is 0 Å². The Hall–Kier alpha value is -5.60. The van der Waals surface area contributed by atoms with Crippen molar-refractivity contribution in [1.82, 2.24) is 4.57 Å². The van der Waals surface area contributed by atoms with Crippen LogP contribution in [0.2, 0.25) is 0 Å². The standard InChI is InChI=1S/C43H29NO/c1-43(2)35-15-6-3-10-28(35)29-20-18-27(25-36(29)43)26-19-22-40-34(24-26)32-13-9-14-33-39(21-23-41(45-40)42(32)33)44-37-16-7-4-11-30(37)31-12-5-8-17-38(31)44/h3-25H,1-2H3. The second kappa shape index (κ2) is 8.74. The molecule has 0 bridgehead atoms. The van der Waals surface area contributed by atoms with E-state index in [0.717, 1.165) is 28.1 Å². The van der Waals surface area contributed by atoms with Gasteiger partial charge < -0.3 is 9.30 Å². The summed E-state index contributed by atoms with van der Waals surface area (Å²) < 4.78 is 9.03. The number of para-hydroxylation sites is 2. The Labute approximate surface area is 261 Å². The minimum atomic E-state index is -0.0347. The van der Waals surface area contributed by atoms with Crippen LogP contribution in [-0.4, -0.2) is 4.57 Å². The molecule has 0 N–H and O–H groups in total. The summed E-state index contributed by atoms with van der Waals surface area (Å²) in [6, 6.07) is 50.9. The average Bonchev–Trinajstić information content (AvgIpc) is 3.54. The van der Waals surface area contributed by atoms with Crippen LogP contribution in [0.4, 0.5) is 0 Å². The molecule has 0 unspecified atom stereocenters. The first-order chi connectivity index (χ1) is 22.1. The smallest absolute Gasteiger partial charge is 0.136 e. The summed E-state index contributed by atoms with van der Waals surface area (Å²) in [5, 5.41) is 4.87. The van der Waals surface area contributed by atoms with Crippen LogP contribution in [0.15, 0.2) is 140 Å². The maximum absolute atomic E-state index is 6.63. The summed E-state index contributed by atoms with van der Waals surface area (Å²) >= 11 is 0. The summed E-state index contributed by atoms with van der Waals surface area (Å²) in [4.78, 5) is 0. The molecule has 0 radical (unpaired) electrons. The zero-order valence-corrected chi connectivity index (χ0v) is 25.1. The van der Waals surface area contributed by atoms with Crippen molar-refractivity contribution in [3.63, 3.8) is 0 Å². The fourth-order valence-electron chi connectivity index (χ4n) is 8.06. The van der Waals surface area contributed by atoms with Crippen molar-refractivity contribution in [3.8, 4) is 50.6 Å². The van der Waals surface area contributed by atoms with Crippen LogP contribution in [0, 0.1) is 0 Å². The molecule has 212 valence electrons. The molecule has 0 saturated carbocycles. The molecule has 1 aliphatic carbocycles. The molecular weight excluding hydrogens is 546 g/mol. The number of hydrogen-bond donors (Lipinski definition) is 0. The maximum Gasteiger partial charge on any atom is 0.136 e. The number of aromatic nitrogens is 1. The monoisotopic (exact) mass is 575 g/mol. The van der Waals surface area contributed by atoms with Crippen LogP contribution in [0.3, 0.4) is 0 Å². The van der Waals surface area contributed by atoms with E-state index in [1.807, 2.05) is 0 Å². The highest BCUT2D eigenvalue weighted by Gasteiger charge is 2.35. The molecular formula is C43H29NO. The second-order valence-corrected chi connectivity index (χ2v) is 12.9. The van der Waals surface area contributed by atoms with Crippen LogP contribution >= 0.6 is 0 Å². The number of rotatable bonds is 2. The van der Waals surface area contributed by atoms with Gasteiger partial charge in [0, 0.05) is 32.5 Å². The molecule has 7 aromatic carbocycles. The van der Waals surface area contributed by atoms with Gasteiger partial charge in [0.05, 0.1) is 16.7 Å². The molecule has 2 aliphatic rings. The number of fused-ring (bicyclic) bond motifs is 8. The largest absolute Gasteiger partial charge is 0.456 e. The Balaban J connectivity index is 1.16. The van der Waals surface area contributed by atoms with E-state index in [9.17, 15) is 0 Å². The molecule has 0 atom stereocenters. The van der Waals surface area contributed by atoms with Crippen LogP contribution < -0.4 is 4.74 Å². The predicted molar refractivity (Wildman–Crippen MR) is 187 cm³/mol. The minimum absolute atomic E-state index is 0.0347. The van der Waals surface area contributed by atoms with Crippen LogP contribution in [0.1, 0.15) is 25.0 Å². The molecule has 1 aromatic heterocycles. The highest BCUT2D eigenvalue weighted by molar-refractivity contribution is 6.13. The van der Waals surface area contributed by atoms with Crippen LogP contribution in [0.25, 0.3) is 71.6 Å². The third-order valence-electron chi connectivity index (χ3n) is 10.2. The van der Waals surface area contributed by atoms with Crippen LogP contribution in [0.5, 0.6) is 11.5 Å². The molecule has 10 rings (SSSR count). The van der Waals surface area contributed by atoms with Crippen molar-refractivity contribution in [2.75, 3.05) is 0 Å². The molecule has 45 heavy (non-hydrogen) atoms. The third-order valence-corrected chi connectivity index (χ3v) is 10.2.